The zero-order valence-electron chi connectivity index (χ0n) is 19.0. The van der Waals surface area contributed by atoms with Crippen molar-refractivity contribution in [3.8, 4) is 0 Å². The van der Waals surface area contributed by atoms with Crippen LogP contribution in [0.3, 0.4) is 0 Å². The van der Waals surface area contributed by atoms with Crippen LogP contribution in [-0.2, 0) is 17.7 Å². The monoisotopic (exact) mass is 464 g/mol. The molecule has 7 nitrogen and oxygen atoms in total. The first kappa shape index (κ1) is 23.2. The van der Waals surface area contributed by atoms with Crippen LogP contribution in [-0.4, -0.2) is 43.9 Å². The fourth-order valence-electron chi connectivity index (χ4n) is 3.86. The van der Waals surface area contributed by atoms with Gasteiger partial charge < -0.3 is 4.74 Å². The maximum Gasteiger partial charge on any atom is 0.262 e. The second kappa shape index (κ2) is 10.8. The second-order valence-electron chi connectivity index (χ2n) is 7.80. The van der Waals surface area contributed by atoms with Gasteiger partial charge in [0.2, 0.25) is 5.78 Å². The summed E-state index contributed by atoms with van der Waals surface area (Å²) >= 11 is 1.34. The van der Waals surface area contributed by atoms with Crippen LogP contribution in [0.4, 0.5) is 0 Å². The molecule has 4 rings (SSSR count). The molecule has 0 spiro atoms. The average molecular weight is 465 g/mol. The Morgan fingerprint density at radius 1 is 1.06 bits per heavy atom. The molecule has 0 atom stereocenters. The standard InChI is InChI=1S/C25H28N4O3S/c1-3-8-18-11-13-19(14-12-18)22(30)17-33-25-27-26-24-28(15-7-16-32-4-2)23(31)20-9-5-6-10-21(20)29(24)25/h5-6,9-14H,3-4,7-8,15-17H2,1-2H3. The number of ketones is 1. The minimum absolute atomic E-state index is 0.0362. The SMILES string of the molecule is CCCc1ccc(C(=O)CSc2nnc3n(CCCOCC)c(=O)c4ccccc4n23)cc1. The van der Waals surface area contributed by atoms with Gasteiger partial charge >= 0.3 is 0 Å². The summed E-state index contributed by atoms with van der Waals surface area (Å²) in [5, 5.41) is 9.83. The number of carbonyl (C=O) groups is 1. The average Bonchev–Trinajstić information content (AvgIpc) is 3.26. The minimum Gasteiger partial charge on any atom is -0.382 e. The lowest BCUT2D eigenvalue weighted by molar-refractivity contribution is 0.102. The summed E-state index contributed by atoms with van der Waals surface area (Å²) in [7, 11) is 0. The van der Waals surface area contributed by atoms with Crippen molar-refractivity contribution in [1.29, 1.82) is 0 Å². The largest absolute Gasteiger partial charge is 0.382 e. The highest BCUT2D eigenvalue weighted by Gasteiger charge is 2.18. The molecule has 0 saturated carbocycles. The Hall–Kier alpha value is -2.97. The molecule has 0 aliphatic heterocycles. The Morgan fingerprint density at radius 2 is 1.85 bits per heavy atom. The first-order valence-corrected chi connectivity index (χ1v) is 12.3. The van der Waals surface area contributed by atoms with Crippen LogP contribution in [0.2, 0.25) is 0 Å². The molecule has 0 fully saturated rings. The fourth-order valence-corrected chi connectivity index (χ4v) is 4.69. The van der Waals surface area contributed by atoms with Crippen LogP contribution in [0, 0.1) is 0 Å². The molecule has 0 saturated heterocycles. The number of ether oxygens (including phenoxy) is 1. The number of carbonyl (C=O) groups excluding carboxylic acids is 1. The summed E-state index contributed by atoms with van der Waals surface area (Å²) in [6, 6.07) is 15.2. The molecule has 2 heterocycles. The summed E-state index contributed by atoms with van der Waals surface area (Å²) < 4.78 is 8.95. The third kappa shape index (κ3) is 5.02. The molecule has 0 N–H and O–H groups in total. The molecule has 0 aliphatic rings. The fraction of sp³-hybridized carbons (Fsp3) is 0.360. The van der Waals surface area contributed by atoms with E-state index in [0.717, 1.165) is 18.4 Å². The highest BCUT2D eigenvalue weighted by molar-refractivity contribution is 7.99. The molecule has 0 radical (unpaired) electrons. The summed E-state index contributed by atoms with van der Waals surface area (Å²) in [6.07, 6.45) is 2.78. The van der Waals surface area contributed by atoms with Gasteiger partial charge in [-0.3, -0.25) is 18.6 Å². The zero-order valence-corrected chi connectivity index (χ0v) is 19.8. The second-order valence-corrected chi connectivity index (χ2v) is 8.74. The molecular formula is C25H28N4O3S. The Labute approximate surface area is 196 Å². The van der Waals surface area contributed by atoms with Gasteiger partial charge in [-0.2, -0.15) is 0 Å². The molecule has 172 valence electrons. The number of para-hydroxylation sites is 1. The summed E-state index contributed by atoms with van der Waals surface area (Å²) in [5.41, 5.74) is 2.57. The van der Waals surface area contributed by atoms with E-state index in [0.29, 0.717) is 48.1 Å². The number of fused-ring (bicyclic) bond motifs is 3. The maximum absolute atomic E-state index is 13.1. The van der Waals surface area contributed by atoms with Crippen molar-refractivity contribution in [3.05, 3.63) is 70.0 Å². The molecule has 33 heavy (non-hydrogen) atoms. The van der Waals surface area contributed by atoms with Gasteiger partial charge in [0.25, 0.3) is 5.56 Å². The lowest BCUT2D eigenvalue weighted by atomic mass is 10.1. The van der Waals surface area contributed by atoms with Gasteiger partial charge in [-0.1, -0.05) is 61.5 Å². The molecule has 0 bridgehead atoms. The van der Waals surface area contributed by atoms with E-state index in [1.54, 1.807) is 4.57 Å². The normalized spacial score (nSPS) is 11.5. The van der Waals surface area contributed by atoms with Gasteiger partial charge in [0.05, 0.1) is 16.7 Å². The lowest BCUT2D eigenvalue weighted by Gasteiger charge is -2.11. The number of aryl methyl sites for hydroxylation is 2. The van der Waals surface area contributed by atoms with E-state index in [1.165, 1.54) is 17.3 Å². The number of aromatic nitrogens is 4. The number of rotatable bonds is 11. The van der Waals surface area contributed by atoms with Crippen molar-refractivity contribution in [2.45, 2.75) is 44.8 Å². The summed E-state index contributed by atoms with van der Waals surface area (Å²) in [5.74, 6) is 0.759. The van der Waals surface area contributed by atoms with Gasteiger partial charge in [-0.25, -0.2) is 0 Å². The number of hydrogen-bond acceptors (Lipinski definition) is 6. The Bertz CT molecular complexity index is 1310. The van der Waals surface area contributed by atoms with Crippen LogP contribution in [0.15, 0.2) is 58.5 Å². The van der Waals surface area contributed by atoms with Crippen LogP contribution in [0.1, 0.15) is 42.6 Å². The lowest BCUT2D eigenvalue weighted by Crippen LogP contribution is -2.24. The first-order valence-electron chi connectivity index (χ1n) is 11.3. The third-order valence-corrected chi connectivity index (χ3v) is 6.43. The molecule has 0 amide bonds. The number of Topliss-reactive ketones (excluding diaryl/α,β-unsaturated/α-hetero) is 1. The molecule has 4 aromatic rings. The van der Waals surface area contributed by atoms with E-state index in [4.69, 9.17) is 4.74 Å². The van der Waals surface area contributed by atoms with Crippen molar-refractivity contribution < 1.29 is 9.53 Å². The van der Waals surface area contributed by atoms with Gasteiger partial charge in [0, 0.05) is 25.3 Å². The van der Waals surface area contributed by atoms with E-state index in [2.05, 4.69) is 17.1 Å². The van der Waals surface area contributed by atoms with Crippen LogP contribution in [0.5, 0.6) is 0 Å². The molecule has 0 aliphatic carbocycles. The van der Waals surface area contributed by atoms with E-state index in [-0.39, 0.29) is 17.1 Å². The molecule has 8 heteroatoms. The van der Waals surface area contributed by atoms with E-state index in [9.17, 15) is 9.59 Å². The number of thioether (sulfide) groups is 1. The van der Waals surface area contributed by atoms with Crippen molar-refractivity contribution in [2.24, 2.45) is 0 Å². The van der Waals surface area contributed by atoms with Crippen molar-refractivity contribution in [1.82, 2.24) is 19.2 Å². The Morgan fingerprint density at radius 3 is 2.61 bits per heavy atom. The molecular weight excluding hydrogens is 436 g/mol. The van der Waals surface area contributed by atoms with Gasteiger partial charge in [-0.15, -0.1) is 10.2 Å². The van der Waals surface area contributed by atoms with E-state index in [1.807, 2.05) is 59.9 Å². The summed E-state index contributed by atoms with van der Waals surface area (Å²) in [4.78, 5) is 25.9. The van der Waals surface area contributed by atoms with Crippen molar-refractivity contribution in [3.63, 3.8) is 0 Å². The van der Waals surface area contributed by atoms with Gasteiger partial charge in [0.1, 0.15) is 0 Å². The van der Waals surface area contributed by atoms with E-state index < -0.39 is 0 Å². The number of hydrogen-bond donors (Lipinski definition) is 0. The van der Waals surface area contributed by atoms with E-state index >= 15 is 0 Å². The van der Waals surface area contributed by atoms with Crippen LogP contribution < -0.4 is 5.56 Å². The van der Waals surface area contributed by atoms with Crippen molar-refractivity contribution in [2.75, 3.05) is 19.0 Å². The molecule has 2 aromatic carbocycles. The minimum atomic E-state index is -0.0956. The predicted octanol–water partition coefficient (Wildman–Crippen LogP) is 4.40. The first-order chi connectivity index (χ1) is 16.1. The predicted molar refractivity (Wildman–Crippen MR) is 131 cm³/mol. The molecule has 0 unspecified atom stereocenters. The summed E-state index contributed by atoms with van der Waals surface area (Å²) in [6.45, 7) is 5.79. The van der Waals surface area contributed by atoms with Gasteiger partial charge in [0.15, 0.2) is 10.9 Å². The number of nitrogens with zero attached hydrogens (tertiary/aromatic N) is 4. The quantitative estimate of drug-likeness (QED) is 0.186. The Kier molecular flexibility index (Phi) is 7.57. The zero-order chi connectivity index (χ0) is 23.2. The maximum atomic E-state index is 13.1. The topological polar surface area (TPSA) is 78.5 Å². The van der Waals surface area contributed by atoms with Crippen LogP contribution in [0.25, 0.3) is 16.7 Å². The van der Waals surface area contributed by atoms with Crippen molar-refractivity contribution >= 4 is 34.2 Å². The highest BCUT2D eigenvalue weighted by atomic mass is 32.2. The number of benzene rings is 2. The highest BCUT2D eigenvalue weighted by Crippen LogP contribution is 2.23. The third-order valence-electron chi connectivity index (χ3n) is 5.50. The molecule has 2 aromatic heterocycles. The van der Waals surface area contributed by atoms with Crippen LogP contribution >= 0.6 is 11.8 Å². The smallest absolute Gasteiger partial charge is 0.262 e. The van der Waals surface area contributed by atoms with Gasteiger partial charge in [-0.05, 0) is 37.5 Å². The Balaban J connectivity index is 1.62.